The number of benzene rings is 1. The van der Waals surface area contributed by atoms with Gasteiger partial charge < -0.3 is 0 Å². The second kappa shape index (κ2) is 11.1. The molecule has 0 amide bonds. The van der Waals surface area contributed by atoms with Gasteiger partial charge in [0.15, 0.2) is 0 Å². The van der Waals surface area contributed by atoms with Crippen LogP contribution in [-0.4, -0.2) is 0 Å². The zero-order chi connectivity index (χ0) is 14.7. The Labute approximate surface area is 121 Å². The van der Waals surface area contributed by atoms with Crippen molar-refractivity contribution in [3.05, 3.63) is 35.4 Å². The topological polar surface area (TPSA) is 0 Å². The molecule has 0 aliphatic heterocycles. The zero-order valence-electron chi connectivity index (χ0n) is 14.0. The molecule has 0 N–H and O–H groups in total. The molecule has 1 atom stereocenters. The molecule has 0 heterocycles. The van der Waals surface area contributed by atoms with Gasteiger partial charge >= 0.3 is 0 Å². The van der Waals surface area contributed by atoms with Crippen molar-refractivity contribution in [2.24, 2.45) is 11.8 Å². The average molecular weight is 262 g/mol. The van der Waals surface area contributed by atoms with E-state index in [1.807, 2.05) is 13.8 Å². The summed E-state index contributed by atoms with van der Waals surface area (Å²) in [5, 5.41) is 0. The summed E-state index contributed by atoms with van der Waals surface area (Å²) in [6.45, 7) is 13.2. The highest BCUT2D eigenvalue weighted by Crippen LogP contribution is 2.17. The second-order valence-corrected chi connectivity index (χ2v) is 5.95. The van der Waals surface area contributed by atoms with E-state index in [2.05, 4.69) is 52.0 Å². The summed E-state index contributed by atoms with van der Waals surface area (Å²) in [6.07, 6.45) is 6.75. The van der Waals surface area contributed by atoms with Crippen LogP contribution < -0.4 is 0 Å². The molecule has 0 fully saturated rings. The Kier molecular flexibility index (Phi) is 10.6. The van der Waals surface area contributed by atoms with Crippen LogP contribution >= 0.6 is 0 Å². The molecule has 0 saturated heterocycles. The van der Waals surface area contributed by atoms with Gasteiger partial charge in [0, 0.05) is 0 Å². The number of hydrogen-bond acceptors (Lipinski definition) is 0. The molecule has 1 unspecified atom stereocenters. The summed E-state index contributed by atoms with van der Waals surface area (Å²) in [6, 6.07) is 8.99. The maximum atomic E-state index is 2.40. The molecule has 1 aromatic rings. The number of rotatable bonds is 7. The van der Waals surface area contributed by atoms with Crippen molar-refractivity contribution in [2.45, 2.75) is 73.6 Å². The van der Waals surface area contributed by atoms with E-state index >= 15 is 0 Å². The van der Waals surface area contributed by atoms with Crippen LogP contribution in [0.1, 0.15) is 71.4 Å². The van der Waals surface area contributed by atoms with Crippen LogP contribution in [0.4, 0.5) is 0 Å². The SMILES string of the molecule is CC.Cc1ccc(CCC(C)CCCC(C)C)cc1. The van der Waals surface area contributed by atoms with Gasteiger partial charge in [-0.25, -0.2) is 0 Å². The maximum Gasteiger partial charge on any atom is -0.0276 e. The Morgan fingerprint density at radius 1 is 0.842 bits per heavy atom. The van der Waals surface area contributed by atoms with Crippen LogP contribution in [0.15, 0.2) is 24.3 Å². The molecule has 0 bridgehead atoms. The van der Waals surface area contributed by atoms with Gasteiger partial charge in [-0.3, -0.25) is 0 Å². The first-order chi connectivity index (χ1) is 9.08. The Bertz CT molecular complexity index is 294. The summed E-state index contributed by atoms with van der Waals surface area (Å²) >= 11 is 0. The van der Waals surface area contributed by atoms with E-state index in [1.54, 1.807) is 0 Å². The first-order valence-electron chi connectivity index (χ1n) is 8.13. The van der Waals surface area contributed by atoms with E-state index < -0.39 is 0 Å². The van der Waals surface area contributed by atoms with Crippen LogP contribution in [-0.2, 0) is 6.42 Å². The molecule has 1 aromatic carbocycles. The summed E-state index contributed by atoms with van der Waals surface area (Å²) < 4.78 is 0. The highest BCUT2D eigenvalue weighted by atomic mass is 14.1. The normalized spacial score (nSPS) is 11.9. The zero-order valence-corrected chi connectivity index (χ0v) is 14.0. The van der Waals surface area contributed by atoms with Crippen molar-refractivity contribution < 1.29 is 0 Å². The maximum absolute atomic E-state index is 2.40. The third kappa shape index (κ3) is 9.76. The first-order valence-corrected chi connectivity index (χ1v) is 8.13. The summed E-state index contributed by atoms with van der Waals surface area (Å²) in [5.41, 5.74) is 2.85. The monoisotopic (exact) mass is 262 g/mol. The fraction of sp³-hybridized carbons (Fsp3) is 0.684. The lowest BCUT2D eigenvalue weighted by Gasteiger charge is -2.12. The summed E-state index contributed by atoms with van der Waals surface area (Å²) in [5.74, 6) is 1.73. The Morgan fingerprint density at radius 3 is 1.95 bits per heavy atom. The molecular formula is C19H34. The van der Waals surface area contributed by atoms with Crippen molar-refractivity contribution >= 4 is 0 Å². The fourth-order valence-electron chi connectivity index (χ4n) is 2.19. The van der Waals surface area contributed by atoms with Crippen molar-refractivity contribution in [3.63, 3.8) is 0 Å². The molecule has 1 rings (SSSR count). The van der Waals surface area contributed by atoms with Gasteiger partial charge in [-0.2, -0.15) is 0 Å². The van der Waals surface area contributed by atoms with Crippen molar-refractivity contribution in [1.29, 1.82) is 0 Å². The molecule has 0 saturated carbocycles. The van der Waals surface area contributed by atoms with Gasteiger partial charge in [0.05, 0.1) is 0 Å². The molecule has 0 aromatic heterocycles. The predicted octanol–water partition coefficient (Wildman–Crippen LogP) is 6.42. The highest BCUT2D eigenvalue weighted by molar-refractivity contribution is 5.21. The lowest BCUT2D eigenvalue weighted by Crippen LogP contribution is -1.99. The molecule has 0 nitrogen and oxygen atoms in total. The minimum Gasteiger partial charge on any atom is -0.0683 e. The minimum absolute atomic E-state index is 0.860. The average Bonchev–Trinajstić information content (AvgIpc) is 2.40. The lowest BCUT2D eigenvalue weighted by molar-refractivity contribution is 0.437. The van der Waals surface area contributed by atoms with E-state index in [9.17, 15) is 0 Å². The van der Waals surface area contributed by atoms with E-state index in [0.29, 0.717) is 0 Å². The third-order valence-electron chi connectivity index (χ3n) is 3.52. The fourth-order valence-corrected chi connectivity index (χ4v) is 2.19. The van der Waals surface area contributed by atoms with Crippen molar-refractivity contribution in [2.75, 3.05) is 0 Å². The molecule has 110 valence electrons. The van der Waals surface area contributed by atoms with Gasteiger partial charge in [-0.05, 0) is 37.2 Å². The molecule has 0 radical (unpaired) electrons. The van der Waals surface area contributed by atoms with E-state index in [0.717, 1.165) is 11.8 Å². The summed E-state index contributed by atoms with van der Waals surface area (Å²) in [4.78, 5) is 0. The van der Waals surface area contributed by atoms with Crippen LogP contribution in [0, 0.1) is 18.8 Å². The van der Waals surface area contributed by atoms with Crippen LogP contribution in [0.3, 0.4) is 0 Å². The van der Waals surface area contributed by atoms with Crippen LogP contribution in [0.2, 0.25) is 0 Å². The summed E-state index contributed by atoms with van der Waals surface area (Å²) in [7, 11) is 0. The van der Waals surface area contributed by atoms with E-state index in [1.165, 1.54) is 43.2 Å². The largest absolute Gasteiger partial charge is 0.0683 e. The van der Waals surface area contributed by atoms with E-state index in [4.69, 9.17) is 0 Å². The van der Waals surface area contributed by atoms with Crippen LogP contribution in [0.25, 0.3) is 0 Å². The Morgan fingerprint density at radius 2 is 1.42 bits per heavy atom. The molecule has 0 aliphatic rings. The van der Waals surface area contributed by atoms with Gasteiger partial charge in [0.25, 0.3) is 0 Å². The molecule has 0 spiro atoms. The third-order valence-corrected chi connectivity index (χ3v) is 3.52. The Balaban J connectivity index is 0.00000154. The smallest absolute Gasteiger partial charge is 0.0276 e. The second-order valence-electron chi connectivity index (χ2n) is 5.95. The molecule has 19 heavy (non-hydrogen) atoms. The number of hydrogen-bond donors (Lipinski definition) is 0. The van der Waals surface area contributed by atoms with Gasteiger partial charge in [0.2, 0.25) is 0 Å². The van der Waals surface area contributed by atoms with Crippen molar-refractivity contribution in [3.8, 4) is 0 Å². The molecule has 0 aliphatic carbocycles. The quantitative estimate of drug-likeness (QED) is 0.532. The number of aryl methyl sites for hydroxylation is 2. The Hall–Kier alpha value is -0.780. The van der Waals surface area contributed by atoms with E-state index in [-0.39, 0.29) is 0 Å². The van der Waals surface area contributed by atoms with Gasteiger partial charge in [-0.15, -0.1) is 0 Å². The highest BCUT2D eigenvalue weighted by Gasteiger charge is 2.03. The first kappa shape index (κ1) is 18.2. The van der Waals surface area contributed by atoms with Gasteiger partial charge in [-0.1, -0.05) is 83.7 Å². The van der Waals surface area contributed by atoms with Crippen molar-refractivity contribution in [1.82, 2.24) is 0 Å². The minimum atomic E-state index is 0.860. The predicted molar refractivity (Wildman–Crippen MR) is 88.7 cm³/mol. The standard InChI is InChI=1S/C17H28.C2H6/c1-14(2)6-5-7-15(3)8-11-17-12-9-16(4)10-13-17;1-2/h9-10,12-15H,5-8,11H2,1-4H3;1-2H3. The molecule has 0 heteroatoms. The van der Waals surface area contributed by atoms with Gasteiger partial charge in [0.1, 0.15) is 0 Å². The van der Waals surface area contributed by atoms with Crippen LogP contribution in [0.5, 0.6) is 0 Å². The lowest BCUT2D eigenvalue weighted by atomic mass is 9.94. The molecular weight excluding hydrogens is 228 g/mol.